The number of esters is 1. The fourth-order valence-electron chi connectivity index (χ4n) is 9.09. The molecule has 3 atom stereocenters. The maximum absolute atomic E-state index is 13.3. The van der Waals surface area contributed by atoms with Gasteiger partial charge in [0.25, 0.3) is 0 Å². The Morgan fingerprint density at radius 3 is 1.22 bits per heavy atom. The molecule has 0 aliphatic rings. The van der Waals surface area contributed by atoms with Crippen molar-refractivity contribution in [2.24, 2.45) is 0 Å². The second-order valence-corrected chi connectivity index (χ2v) is 20.1. The lowest BCUT2D eigenvalue weighted by Gasteiger charge is -2.24. The number of allylic oxidation sites excluding steroid dienone is 8. The number of nitrogens with one attached hydrogen (secondary N) is 1. The Bertz CT molecular complexity index is 1150. The van der Waals surface area contributed by atoms with Crippen molar-refractivity contribution >= 4 is 11.9 Å². The maximum Gasteiger partial charge on any atom is 0.306 e. The molecule has 6 heteroatoms. The molecule has 0 aliphatic carbocycles. The molecule has 0 fully saturated rings. The highest BCUT2D eigenvalue weighted by Gasteiger charge is 2.24. The van der Waals surface area contributed by atoms with Crippen molar-refractivity contribution in [1.29, 1.82) is 0 Å². The van der Waals surface area contributed by atoms with E-state index < -0.39 is 18.2 Å². The van der Waals surface area contributed by atoms with E-state index in [0.29, 0.717) is 19.3 Å². The monoisotopic (exact) mass is 940 g/mol. The van der Waals surface area contributed by atoms with Crippen molar-refractivity contribution in [2.75, 3.05) is 6.61 Å². The largest absolute Gasteiger partial charge is 0.462 e. The van der Waals surface area contributed by atoms with Crippen LogP contribution in [0.5, 0.6) is 0 Å². The van der Waals surface area contributed by atoms with Gasteiger partial charge >= 0.3 is 5.97 Å². The van der Waals surface area contributed by atoms with E-state index in [1.54, 1.807) is 0 Å². The van der Waals surface area contributed by atoms with E-state index in [1.165, 1.54) is 186 Å². The van der Waals surface area contributed by atoms with Gasteiger partial charge in [0.2, 0.25) is 5.91 Å². The molecule has 0 radical (unpaired) electrons. The van der Waals surface area contributed by atoms with Crippen LogP contribution in [0.1, 0.15) is 303 Å². The second kappa shape index (κ2) is 54.8. The quantitative estimate of drug-likeness (QED) is 0.0321. The van der Waals surface area contributed by atoms with Crippen molar-refractivity contribution in [3.8, 4) is 0 Å². The van der Waals surface area contributed by atoms with E-state index in [-0.39, 0.29) is 24.9 Å². The fourth-order valence-corrected chi connectivity index (χ4v) is 9.09. The summed E-state index contributed by atoms with van der Waals surface area (Å²) in [6.07, 6.45) is 67.6. The number of hydrogen-bond acceptors (Lipinski definition) is 5. The topological polar surface area (TPSA) is 95.9 Å². The predicted molar refractivity (Wildman–Crippen MR) is 292 cm³/mol. The van der Waals surface area contributed by atoms with E-state index >= 15 is 0 Å². The second-order valence-electron chi connectivity index (χ2n) is 20.1. The van der Waals surface area contributed by atoms with Crippen molar-refractivity contribution in [1.82, 2.24) is 5.32 Å². The highest BCUT2D eigenvalue weighted by molar-refractivity contribution is 5.77. The number of hydrogen-bond donors (Lipinski definition) is 3. The highest BCUT2D eigenvalue weighted by atomic mass is 16.5. The molecule has 0 aliphatic heterocycles. The van der Waals surface area contributed by atoms with Gasteiger partial charge in [-0.3, -0.25) is 9.59 Å². The Hall–Kier alpha value is -2.18. The van der Waals surface area contributed by atoms with Crippen LogP contribution in [-0.4, -0.2) is 46.9 Å². The highest BCUT2D eigenvalue weighted by Crippen LogP contribution is 2.19. The van der Waals surface area contributed by atoms with Gasteiger partial charge in [-0.25, -0.2) is 0 Å². The van der Waals surface area contributed by atoms with E-state index in [4.69, 9.17) is 4.74 Å². The lowest BCUT2D eigenvalue weighted by molar-refractivity contribution is -0.151. The first kappa shape index (κ1) is 64.8. The molecule has 0 bridgehead atoms. The van der Waals surface area contributed by atoms with Crippen molar-refractivity contribution in [2.45, 2.75) is 322 Å². The Kier molecular flexibility index (Phi) is 53.0. The molecule has 1 amide bonds. The number of aliphatic hydroxyl groups is 2. The summed E-state index contributed by atoms with van der Waals surface area (Å²) < 4.78 is 5.95. The lowest BCUT2D eigenvalue weighted by atomic mass is 10.0. The van der Waals surface area contributed by atoms with Gasteiger partial charge in [0.05, 0.1) is 25.2 Å². The number of carbonyl (C=O) groups excluding carboxylic acids is 2. The van der Waals surface area contributed by atoms with Gasteiger partial charge in [-0.1, -0.05) is 294 Å². The Morgan fingerprint density at radius 2 is 0.806 bits per heavy atom. The van der Waals surface area contributed by atoms with Crippen LogP contribution in [0.2, 0.25) is 0 Å². The Morgan fingerprint density at radius 1 is 0.448 bits per heavy atom. The number of carbonyl (C=O) groups is 2. The molecule has 6 nitrogen and oxygen atoms in total. The zero-order chi connectivity index (χ0) is 48.8. The summed E-state index contributed by atoms with van der Waals surface area (Å²) in [6.45, 7) is 6.37. The van der Waals surface area contributed by atoms with Gasteiger partial charge in [0, 0.05) is 6.42 Å². The summed E-state index contributed by atoms with van der Waals surface area (Å²) in [5.74, 6) is -0.499. The average Bonchev–Trinajstić information content (AvgIpc) is 3.32. The first-order chi connectivity index (χ1) is 33.0. The molecule has 3 N–H and O–H groups in total. The molecule has 0 heterocycles. The smallest absolute Gasteiger partial charge is 0.306 e. The summed E-state index contributed by atoms with van der Waals surface area (Å²) in [7, 11) is 0. The Labute approximate surface area is 416 Å². The van der Waals surface area contributed by atoms with Crippen molar-refractivity contribution in [3.05, 3.63) is 48.6 Å². The molecule has 3 unspecified atom stereocenters. The molecule has 0 spiro atoms. The molecule has 0 rings (SSSR count). The number of unbranched alkanes of at least 4 members (excludes halogenated alkanes) is 36. The SMILES string of the molecule is CC/C=C/C=C/C=C/C=C\CCCCCC(CC(=O)NC(CO)C(O)CCCCCCCCCCCCCCCCCC)OC(=O)CCCCCCCCCCCCCCCCCCCCC. The van der Waals surface area contributed by atoms with Gasteiger partial charge in [-0.2, -0.15) is 0 Å². The van der Waals surface area contributed by atoms with Crippen LogP contribution >= 0.6 is 0 Å². The summed E-state index contributed by atoms with van der Waals surface area (Å²) in [6, 6.07) is -0.714. The lowest BCUT2D eigenvalue weighted by Crippen LogP contribution is -2.46. The predicted octanol–water partition coefficient (Wildman–Crippen LogP) is 18.2. The first-order valence-corrected chi connectivity index (χ1v) is 29.4. The van der Waals surface area contributed by atoms with Gasteiger partial charge in [0.1, 0.15) is 6.10 Å². The molecule has 0 saturated heterocycles. The third-order valence-electron chi connectivity index (χ3n) is 13.5. The molecule has 392 valence electrons. The van der Waals surface area contributed by atoms with Gasteiger partial charge in [0.15, 0.2) is 0 Å². The molecule has 67 heavy (non-hydrogen) atoms. The number of amides is 1. The van der Waals surface area contributed by atoms with E-state index in [2.05, 4.69) is 50.4 Å². The molecule has 0 saturated carbocycles. The molecule has 0 aromatic heterocycles. The van der Waals surface area contributed by atoms with E-state index in [0.717, 1.165) is 70.6 Å². The minimum atomic E-state index is -0.798. The van der Waals surface area contributed by atoms with Crippen LogP contribution < -0.4 is 5.32 Å². The van der Waals surface area contributed by atoms with Crippen LogP contribution in [-0.2, 0) is 14.3 Å². The fraction of sp³-hybridized carbons (Fsp3) is 0.836. The third kappa shape index (κ3) is 50.0. The normalized spacial score (nSPS) is 13.4. The molecular weight excluding hydrogens is 827 g/mol. The summed E-state index contributed by atoms with van der Waals surface area (Å²) in [5, 5.41) is 23.9. The zero-order valence-electron chi connectivity index (χ0n) is 44.8. The molecule has 0 aromatic carbocycles. The summed E-state index contributed by atoms with van der Waals surface area (Å²) in [5.41, 5.74) is 0. The minimum absolute atomic E-state index is 0.0544. The van der Waals surface area contributed by atoms with E-state index in [9.17, 15) is 19.8 Å². The average molecular weight is 941 g/mol. The summed E-state index contributed by atoms with van der Waals surface area (Å²) in [4.78, 5) is 26.3. The van der Waals surface area contributed by atoms with Gasteiger partial charge in [-0.05, 0) is 44.9 Å². The number of rotatable bonds is 53. The van der Waals surface area contributed by atoms with Gasteiger partial charge < -0.3 is 20.3 Å². The zero-order valence-corrected chi connectivity index (χ0v) is 44.8. The van der Waals surface area contributed by atoms with Crippen LogP contribution in [0.3, 0.4) is 0 Å². The minimum Gasteiger partial charge on any atom is -0.462 e. The van der Waals surface area contributed by atoms with Gasteiger partial charge in [-0.15, -0.1) is 0 Å². The number of aliphatic hydroxyl groups excluding tert-OH is 2. The van der Waals surface area contributed by atoms with Crippen molar-refractivity contribution < 1.29 is 24.5 Å². The van der Waals surface area contributed by atoms with Crippen molar-refractivity contribution in [3.63, 3.8) is 0 Å². The molecular formula is C61H113NO5. The van der Waals surface area contributed by atoms with E-state index in [1.807, 2.05) is 24.3 Å². The van der Waals surface area contributed by atoms with Crippen LogP contribution in [0, 0.1) is 0 Å². The Balaban J connectivity index is 4.50. The van der Waals surface area contributed by atoms with Crippen LogP contribution in [0.25, 0.3) is 0 Å². The first-order valence-electron chi connectivity index (χ1n) is 29.4. The third-order valence-corrected chi connectivity index (χ3v) is 13.5. The molecule has 0 aromatic rings. The van der Waals surface area contributed by atoms with Crippen LogP contribution in [0.4, 0.5) is 0 Å². The number of ether oxygens (including phenoxy) is 1. The van der Waals surface area contributed by atoms with Crippen LogP contribution in [0.15, 0.2) is 48.6 Å². The standard InChI is InChI=1S/C61H113NO5/c1-4-7-10-13-16-19-22-25-27-29-30-31-33-36-39-42-45-48-51-54-61(66)67-57(52-49-46-43-40-37-34-24-21-18-15-12-9-6-3)55-60(65)62-58(56-63)59(64)53-50-47-44-41-38-35-32-28-26-23-20-17-14-11-8-5-2/h9,12,15,18,21,24,34,37,57-59,63-64H,4-8,10-11,13-14,16-17,19-20,22-23,25-33,35-36,38-56H2,1-3H3,(H,62,65)/b12-9+,18-15+,24-21+,37-34-. The summed E-state index contributed by atoms with van der Waals surface area (Å²) >= 11 is 0. The maximum atomic E-state index is 13.3.